The third-order valence-corrected chi connectivity index (χ3v) is 4.20. The maximum absolute atomic E-state index is 9.66. The summed E-state index contributed by atoms with van der Waals surface area (Å²) >= 11 is 0. The van der Waals surface area contributed by atoms with Crippen LogP contribution >= 0.6 is 0 Å². The first kappa shape index (κ1) is 13.2. The first-order valence-electron chi connectivity index (χ1n) is 7.32. The van der Waals surface area contributed by atoms with Gasteiger partial charge in [-0.05, 0) is 37.1 Å². The van der Waals surface area contributed by atoms with E-state index in [1.807, 2.05) is 24.3 Å². The van der Waals surface area contributed by atoms with Gasteiger partial charge in [-0.25, -0.2) is 0 Å². The van der Waals surface area contributed by atoms with Gasteiger partial charge >= 0.3 is 0 Å². The van der Waals surface area contributed by atoms with Crippen LogP contribution in [0.2, 0.25) is 0 Å². The summed E-state index contributed by atoms with van der Waals surface area (Å²) in [7, 11) is 0. The normalized spacial score (nSPS) is 20.1. The van der Waals surface area contributed by atoms with Crippen molar-refractivity contribution in [2.75, 3.05) is 23.8 Å². The Morgan fingerprint density at radius 1 is 1.25 bits per heavy atom. The number of hydrogen-bond donors (Lipinski definition) is 2. The predicted octanol–water partition coefficient (Wildman–Crippen LogP) is 2.56. The molecular formula is C16H21N3O. The molecule has 1 atom stereocenters. The molecule has 1 fully saturated rings. The van der Waals surface area contributed by atoms with Gasteiger partial charge in [0.1, 0.15) is 0 Å². The third-order valence-electron chi connectivity index (χ3n) is 4.20. The summed E-state index contributed by atoms with van der Waals surface area (Å²) in [5, 5.41) is 10.6. The largest absolute Gasteiger partial charge is 0.396 e. The molecule has 20 heavy (non-hydrogen) atoms. The summed E-state index contributed by atoms with van der Waals surface area (Å²) in [4.78, 5) is 6.61. The Morgan fingerprint density at radius 2 is 2.15 bits per heavy atom. The molecule has 3 N–H and O–H groups in total. The van der Waals surface area contributed by atoms with Gasteiger partial charge in [0.05, 0.1) is 29.5 Å². The molecule has 0 aliphatic carbocycles. The summed E-state index contributed by atoms with van der Waals surface area (Å²) in [6, 6.07) is 8.15. The van der Waals surface area contributed by atoms with Crippen LogP contribution in [-0.2, 0) is 0 Å². The highest BCUT2D eigenvalue weighted by Gasteiger charge is 2.22. The average Bonchev–Trinajstić information content (AvgIpc) is 2.73. The minimum absolute atomic E-state index is 0.175. The Hall–Kier alpha value is -1.81. The lowest BCUT2D eigenvalue weighted by Crippen LogP contribution is -2.38. The van der Waals surface area contributed by atoms with E-state index < -0.39 is 0 Å². The molecule has 106 valence electrons. The fraction of sp³-hybridized carbons (Fsp3) is 0.438. The number of anilines is 2. The van der Waals surface area contributed by atoms with Crippen LogP contribution in [0.4, 0.5) is 11.4 Å². The van der Waals surface area contributed by atoms with Gasteiger partial charge in [-0.1, -0.05) is 12.8 Å². The molecule has 1 unspecified atom stereocenters. The van der Waals surface area contributed by atoms with Crippen molar-refractivity contribution < 1.29 is 5.11 Å². The van der Waals surface area contributed by atoms with E-state index in [0.717, 1.165) is 41.7 Å². The summed E-state index contributed by atoms with van der Waals surface area (Å²) in [5.74, 6) is 0. The molecule has 1 aliphatic heterocycles. The van der Waals surface area contributed by atoms with E-state index in [1.54, 1.807) is 6.20 Å². The number of aliphatic hydroxyl groups excluding tert-OH is 1. The second kappa shape index (κ2) is 5.67. The summed E-state index contributed by atoms with van der Waals surface area (Å²) in [5.41, 5.74) is 9.08. The molecule has 3 rings (SSSR count). The van der Waals surface area contributed by atoms with Crippen LogP contribution in [0.25, 0.3) is 10.9 Å². The lowest BCUT2D eigenvalue weighted by Gasteiger charge is -2.32. The number of fused-ring (bicyclic) bond motifs is 1. The van der Waals surface area contributed by atoms with Crippen molar-refractivity contribution in [3.8, 4) is 0 Å². The van der Waals surface area contributed by atoms with Gasteiger partial charge in [0.2, 0.25) is 0 Å². The van der Waals surface area contributed by atoms with Crippen LogP contribution in [0.5, 0.6) is 0 Å². The van der Waals surface area contributed by atoms with E-state index >= 15 is 0 Å². The lowest BCUT2D eigenvalue weighted by atomic mass is 10.1. The number of aliphatic hydroxyl groups is 1. The Morgan fingerprint density at radius 3 is 3.00 bits per heavy atom. The average molecular weight is 271 g/mol. The predicted molar refractivity (Wildman–Crippen MR) is 82.8 cm³/mol. The molecule has 1 saturated heterocycles. The molecule has 4 nitrogen and oxygen atoms in total. The van der Waals surface area contributed by atoms with Gasteiger partial charge < -0.3 is 15.7 Å². The highest BCUT2D eigenvalue weighted by molar-refractivity contribution is 5.97. The van der Waals surface area contributed by atoms with Crippen molar-refractivity contribution >= 4 is 22.3 Å². The van der Waals surface area contributed by atoms with Crippen molar-refractivity contribution in [2.45, 2.75) is 31.7 Å². The van der Waals surface area contributed by atoms with Gasteiger partial charge in [0.15, 0.2) is 0 Å². The van der Waals surface area contributed by atoms with Crippen molar-refractivity contribution in [1.82, 2.24) is 4.98 Å². The van der Waals surface area contributed by atoms with Gasteiger partial charge in [-0.3, -0.25) is 4.98 Å². The van der Waals surface area contributed by atoms with Crippen LogP contribution in [0, 0.1) is 0 Å². The molecule has 4 heteroatoms. The van der Waals surface area contributed by atoms with Crippen LogP contribution in [-0.4, -0.2) is 29.3 Å². The van der Waals surface area contributed by atoms with E-state index in [1.165, 1.54) is 12.8 Å². The third kappa shape index (κ3) is 2.31. The SMILES string of the molecule is Nc1c(N2CCCCCC2CO)ccc2ncccc12. The van der Waals surface area contributed by atoms with E-state index in [4.69, 9.17) is 5.73 Å². The molecule has 1 aromatic carbocycles. The van der Waals surface area contributed by atoms with E-state index in [-0.39, 0.29) is 12.6 Å². The lowest BCUT2D eigenvalue weighted by molar-refractivity contribution is 0.255. The molecule has 1 aliphatic rings. The zero-order valence-electron chi connectivity index (χ0n) is 11.6. The molecular weight excluding hydrogens is 250 g/mol. The highest BCUT2D eigenvalue weighted by Crippen LogP contribution is 2.33. The van der Waals surface area contributed by atoms with Crippen LogP contribution < -0.4 is 10.6 Å². The quantitative estimate of drug-likeness (QED) is 0.824. The maximum Gasteiger partial charge on any atom is 0.0724 e. The van der Waals surface area contributed by atoms with Crippen molar-refractivity contribution in [3.63, 3.8) is 0 Å². The molecule has 2 aromatic rings. The maximum atomic E-state index is 9.66. The second-order valence-electron chi connectivity index (χ2n) is 5.45. The van der Waals surface area contributed by atoms with E-state index in [2.05, 4.69) is 9.88 Å². The Labute approximate surface area is 119 Å². The molecule has 0 radical (unpaired) electrons. The number of hydrogen-bond acceptors (Lipinski definition) is 4. The molecule has 1 aromatic heterocycles. The van der Waals surface area contributed by atoms with Gasteiger partial charge in [0, 0.05) is 18.1 Å². The Kier molecular flexibility index (Phi) is 3.74. The standard InChI is InChI=1S/C16H21N3O/c17-16-13-6-4-9-18-14(13)7-8-15(16)19-10-3-1-2-5-12(19)11-20/h4,6-9,12,20H,1-3,5,10-11,17H2. The number of benzene rings is 1. The smallest absolute Gasteiger partial charge is 0.0724 e. The Bertz CT molecular complexity index is 599. The zero-order valence-corrected chi connectivity index (χ0v) is 11.6. The fourth-order valence-corrected chi connectivity index (χ4v) is 3.10. The number of nitrogens with two attached hydrogens (primary N) is 1. The van der Waals surface area contributed by atoms with Crippen LogP contribution in [0.3, 0.4) is 0 Å². The van der Waals surface area contributed by atoms with Gasteiger partial charge in [-0.2, -0.15) is 0 Å². The number of pyridine rings is 1. The number of nitrogen functional groups attached to an aromatic ring is 1. The van der Waals surface area contributed by atoms with Crippen molar-refractivity contribution in [2.24, 2.45) is 0 Å². The van der Waals surface area contributed by atoms with Gasteiger partial charge in [-0.15, -0.1) is 0 Å². The zero-order chi connectivity index (χ0) is 13.9. The summed E-state index contributed by atoms with van der Waals surface area (Å²) < 4.78 is 0. The van der Waals surface area contributed by atoms with Crippen molar-refractivity contribution in [3.05, 3.63) is 30.5 Å². The second-order valence-corrected chi connectivity index (χ2v) is 5.45. The van der Waals surface area contributed by atoms with E-state index in [0.29, 0.717) is 0 Å². The first-order chi connectivity index (χ1) is 9.81. The minimum Gasteiger partial charge on any atom is -0.396 e. The van der Waals surface area contributed by atoms with Crippen LogP contribution in [0.1, 0.15) is 25.7 Å². The fourth-order valence-electron chi connectivity index (χ4n) is 3.10. The molecule has 0 spiro atoms. The number of nitrogens with zero attached hydrogens (tertiary/aromatic N) is 2. The first-order valence-corrected chi connectivity index (χ1v) is 7.32. The van der Waals surface area contributed by atoms with E-state index in [9.17, 15) is 5.11 Å². The van der Waals surface area contributed by atoms with Crippen LogP contribution in [0.15, 0.2) is 30.5 Å². The topological polar surface area (TPSA) is 62.4 Å². The number of rotatable bonds is 2. The molecule has 2 heterocycles. The summed E-state index contributed by atoms with van der Waals surface area (Å²) in [6.45, 7) is 1.14. The highest BCUT2D eigenvalue weighted by atomic mass is 16.3. The Balaban J connectivity index is 2.05. The molecule has 0 saturated carbocycles. The van der Waals surface area contributed by atoms with Gasteiger partial charge in [0.25, 0.3) is 0 Å². The van der Waals surface area contributed by atoms with Crippen molar-refractivity contribution in [1.29, 1.82) is 0 Å². The monoisotopic (exact) mass is 271 g/mol. The summed E-state index contributed by atoms with van der Waals surface area (Å²) in [6.07, 6.45) is 6.37. The minimum atomic E-state index is 0.175. The molecule has 0 amide bonds. The molecule has 0 bridgehead atoms. The number of aromatic nitrogens is 1.